The van der Waals surface area contributed by atoms with E-state index in [0.29, 0.717) is 18.2 Å². The van der Waals surface area contributed by atoms with Gasteiger partial charge in [-0.25, -0.2) is 13.4 Å². The zero-order chi connectivity index (χ0) is 22.6. The molecule has 3 aromatic rings. The minimum Gasteiger partial charge on any atom is -0.302 e. The molecule has 6 nitrogen and oxygen atoms in total. The summed E-state index contributed by atoms with van der Waals surface area (Å²) in [7, 11) is -3.74. The molecule has 0 N–H and O–H groups in total. The summed E-state index contributed by atoms with van der Waals surface area (Å²) in [5, 5.41) is 0.545. The Morgan fingerprint density at radius 1 is 1.03 bits per heavy atom. The van der Waals surface area contributed by atoms with E-state index in [1.54, 1.807) is 18.2 Å². The van der Waals surface area contributed by atoms with Crippen LogP contribution in [0, 0.1) is 13.8 Å². The molecule has 0 aliphatic carbocycles. The van der Waals surface area contributed by atoms with Crippen molar-refractivity contribution in [3.63, 3.8) is 0 Å². The fourth-order valence-electron chi connectivity index (χ4n) is 3.53. The lowest BCUT2D eigenvalue weighted by molar-refractivity contribution is -0.116. The summed E-state index contributed by atoms with van der Waals surface area (Å²) < 4.78 is 26.6. The van der Waals surface area contributed by atoms with Gasteiger partial charge in [0.2, 0.25) is 5.91 Å². The number of benzene rings is 2. The number of aryl methyl sites for hydroxylation is 2. The zero-order valence-electron chi connectivity index (χ0n) is 18.9. The summed E-state index contributed by atoms with van der Waals surface area (Å²) in [4.78, 5) is 21.9. The number of anilines is 1. The molecule has 3 rings (SSSR count). The zero-order valence-corrected chi connectivity index (χ0v) is 21.3. The predicted molar refractivity (Wildman–Crippen MR) is 135 cm³/mol. The lowest BCUT2D eigenvalue weighted by Crippen LogP contribution is -2.41. The topological polar surface area (TPSA) is 70.6 Å². The normalized spacial score (nSPS) is 11.5. The van der Waals surface area contributed by atoms with E-state index in [9.17, 15) is 13.2 Å². The van der Waals surface area contributed by atoms with Gasteiger partial charge in [-0.05, 0) is 56.3 Å². The molecule has 1 aromatic heterocycles. The molecule has 174 valence electrons. The summed E-state index contributed by atoms with van der Waals surface area (Å²) in [5.74, 6) is -1.03. The number of fused-ring (bicyclic) bond motifs is 1. The lowest BCUT2D eigenvalue weighted by Gasteiger charge is -2.24. The molecule has 0 aliphatic heterocycles. The van der Waals surface area contributed by atoms with Gasteiger partial charge in [0.25, 0.3) is 0 Å². The third-order valence-electron chi connectivity index (χ3n) is 5.30. The number of hydrogen-bond acceptors (Lipinski definition) is 6. The summed E-state index contributed by atoms with van der Waals surface area (Å²) in [5.41, 5.74) is 3.04. The first kappa shape index (κ1) is 26.3. The van der Waals surface area contributed by atoms with Crippen LogP contribution < -0.4 is 4.90 Å². The van der Waals surface area contributed by atoms with Crippen LogP contribution in [-0.2, 0) is 14.6 Å². The van der Waals surface area contributed by atoms with Crippen molar-refractivity contribution in [3.05, 3.63) is 53.6 Å². The number of carbonyl (C=O) groups is 1. The van der Waals surface area contributed by atoms with E-state index in [0.717, 1.165) is 34.4 Å². The van der Waals surface area contributed by atoms with Gasteiger partial charge in [-0.15, -0.1) is 12.4 Å². The highest BCUT2D eigenvalue weighted by molar-refractivity contribution is 7.92. The summed E-state index contributed by atoms with van der Waals surface area (Å²) in [6.07, 6.45) is 0. The predicted octanol–water partition coefficient (Wildman–Crippen LogP) is 4.48. The summed E-state index contributed by atoms with van der Waals surface area (Å²) in [6.45, 7) is 10.9. The van der Waals surface area contributed by atoms with E-state index in [1.807, 2.05) is 13.8 Å². The first-order chi connectivity index (χ1) is 14.7. The van der Waals surface area contributed by atoms with E-state index in [4.69, 9.17) is 4.98 Å². The van der Waals surface area contributed by atoms with Crippen LogP contribution in [0.4, 0.5) is 5.13 Å². The van der Waals surface area contributed by atoms with Gasteiger partial charge >= 0.3 is 0 Å². The average Bonchev–Trinajstić information content (AvgIpc) is 3.15. The fourth-order valence-corrected chi connectivity index (χ4v) is 5.94. The van der Waals surface area contributed by atoms with Crippen LogP contribution >= 0.6 is 23.7 Å². The molecule has 0 bridgehead atoms. The first-order valence-electron chi connectivity index (χ1n) is 10.4. The molecule has 0 aliphatic rings. The van der Waals surface area contributed by atoms with Gasteiger partial charge in [-0.1, -0.05) is 49.4 Å². The van der Waals surface area contributed by atoms with Gasteiger partial charge in [-0.3, -0.25) is 9.69 Å². The van der Waals surface area contributed by atoms with E-state index in [2.05, 4.69) is 30.9 Å². The van der Waals surface area contributed by atoms with Gasteiger partial charge in [0.05, 0.1) is 15.1 Å². The molecule has 0 spiro atoms. The number of sulfone groups is 1. The Kier molecular flexibility index (Phi) is 9.21. The molecule has 0 fully saturated rings. The Hall–Kier alpha value is -2.00. The standard InChI is InChI=1S/C23H29N3O3S2.ClH/c1-5-25(6-2)12-13-26(21(27)16-31(28,29)19-10-8-7-9-11-19)23-24-22-18(4)14-17(3)15-20(22)30-23;/h7-11,14-15H,5-6,12-13,16H2,1-4H3;1H. The highest BCUT2D eigenvalue weighted by atomic mass is 35.5. The fraction of sp³-hybridized carbons (Fsp3) is 0.391. The number of likely N-dealkylation sites (N-methyl/N-ethyl adjacent to an activating group) is 1. The van der Waals surface area contributed by atoms with Gasteiger partial charge < -0.3 is 4.90 Å². The number of halogens is 1. The van der Waals surface area contributed by atoms with Gasteiger partial charge in [0.1, 0.15) is 5.75 Å². The van der Waals surface area contributed by atoms with Crippen molar-refractivity contribution >= 4 is 54.8 Å². The van der Waals surface area contributed by atoms with Crippen molar-refractivity contribution in [3.8, 4) is 0 Å². The second-order valence-corrected chi connectivity index (χ2v) is 10.6. The lowest BCUT2D eigenvalue weighted by atomic mass is 10.1. The van der Waals surface area contributed by atoms with Crippen molar-refractivity contribution in [1.82, 2.24) is 9.88 Å². The Morgan fingerprint density at radius 3 is 2.31 bits per heavy atom. The molecule has 1 heterocycles. The third-order valence-corrected chi connectivity index (χ3v) is 7.94. The van der Waals surface area contributed by atoms with Crippen LogP contribution in [0.2, 0.25) is 0 Å². The Labute approximate surface area is 200 Å². The minimum atomic E-state index is -3.74. The number of hydrogen-bond donors (Lipinski definition) is 0. The maximum Gasteiger partial charge on any atom is 0.244 e. The molecule has 1 amide bonds. The van der Waals surface area contributed by atoms with Crippen molar-refractivity contribution < 1.29 is 13.2 Å². The van der Waals surface area contributed by atoms with Crippen LogP contribution in [0.1, 0.15) is 25.0 Å². The second-order valence-electron chi connectivity index (χ2n) is 7.57. The van der Waals surface area contributed by atoms with E-state index in [1.165, 1.54) is 28.4 Å². The maximum absolute atomic E-state index is 13.2. The SMILES string of the molecule is CCN(CC)CCN(C(=O)CS(=O)(=O)c1ccccc1)c1nc2c(C)cc(C)cc2s1.Cl. The molecule has 0 unspecified atom stereocenters. The highest BCUT2D eigenvalue weighted by Crippen LogP contribution is 2.32. The van der Waals surface area contributed by atoms with E-state index >= 15 is 0 Å². The minimum absolute atomic E-state index is 0. The van der Waals surface area contributed by atoms with Crippen molar-refractivity contribution in [2.75, 3.05) is 36.8 Å². The molecule has 0 saturated heterocycles. The highest BCUT2D eigenvalue weighted by Gasteiger charge is 2.27. The quantitative estimate of drug-likeness (QED) is 0.437. The smallest absolute Gasteiger partial charge is 0.244 e. The number of aromatic nitrogens is 1. The summed E-state index contributed by atoms with van der Waals surface area (Å²) >= 11 is 1.43. The average molecular weight is 496 g/mol. The van der Waals surface area contributed by atoms with Crippen LogP contribution in [0.15, 0.2) is 47.4 Å². The largest absolute Gasteiger partial charge is 0.302 e. The first-order valence-corrected chi connectivity index (χ1v) is 12.9. The molecule has 0 atom stereocenters. The molecule has 32 heavy (non-hydrogen) atoms. The van der Waals surface area contributed by atoms with Crippen LogP contribution in [0.25, 0.3) is 10.2 Å². The maximum atomic E-state index is 13.2. The monoisotopic (exact) mass is 495 g/mol. The van der Waals surface area contributed by atoms with Crippen molar-refractivity contribution in [1.29, 1.82) is 0 Å². The Balaban J connectivity index is 0.00000363. The van der Waals surface area contributed by atoms with Crippen LogP contribution in [0.5, 0.6) is 0 Å². The second kappa shape index (κ2) is 11.2. The Bertz CT molecular complexity index is 1160. The summed E-state index contributed by atoms with van der Waals surface area (Å²) in [6, 6.07) is 12.2. The molecular weight excluding hydrogens is 466 g/mol. The number of amides is 1. The van der Waals surface area contributed by atoms with E-state index in [-0.39, 0.29) is 17.3 Å². The van der Waals surface area contributed by atoms with Crippen molar-refractivity contribution in [2.45, 2.75) is 32.6 Å². The number of nitrogens with zero attached hydrogens (tertiary/aromatic N) is 3. The van der Waals surface area contributed by atoms with Gasteiger partial charge in [0, 0.05) is 13.1 Å². The molecule has 0 radical (unpaired) electrons. The number of thiazole rings is 1. The number of carbonyl (C=O) groups excluding carboxylic acids is 1. The number of rotatable bonds is 9. The molecular formula is C23H30ClN3O3S2. The molecule has 2 aromatic carbocycles. The third kappa shape index (κ3) is 6.07. The van der Waals surface area contributed by atoms with Crippen molar-refractivity contribution in [2.24, 2.45) is 0 Å². The molecule has 0 saturated carbocycles. The molecule has 9 heteroatoms. The van der Waals surface area contributed by atoms with Gasteiger partial charge in [-0.2, -0.15) is 0 Å². The van der Waals surface area contributed by atoms with Crippen LogP contribution in [-0.4, -0.2) is 56.1 Å². The van der Waals surface area contributed by atoms with E-state index < -0.39 is 21.5 Å². The Morgan fingerprint density at radius 2 is 1.69 bits per heavy atom. The van der Waals surface area contributed by atoms with Crippen LogP contribution in [0.3, 0.4) is 0 Å². The van der Waals surface area contributed by atoms with Gasteiger partial charge in [0.15, 0.2) is 15.0 Å².